The average molecular weight is 380 g/mol. The van der Waals surface area contributed by atoms with Crippen molar-refractivity contribution in [3.63, 3.8) is 0 Å². The van der Waals surface area contributed by atoms with Crippen molar-refractivity contribution in [2.75, 3.05) is 42.9 Å². The Morgan fingerprint density at radius 3 is 2.50 bits per heavy atom. The lowest BCUT2D eigenvalue weighted by molar-refractivity contribution is 0.250. The minimum absolute atomic E-state index is 0.103. The number of piperazine rings is 1. The molecule has 1 aromatic heterocycles. The fourth-order valence-electron chi connectivity index (χ4n) is 3.14. The second-order valence-corrected chi connectivity index (χ2v) is 7.26. The quantitative estimate of drug-likeness (QED) is 0.807. The van der Waals surface area contributed by atoms with Crippen LogP contribution in [0, 0.1) is 0 Å². The fraction of sp³-hybridized carbons (Fsp3) is 0.364. The summed E-state index contributed by atoms with van der Waals surface area (Å²) in [5, 5.41) is 5.60. The predicted octanol–water partition coefficient (Wildman–Crippen LogP) is 3.45. The molecule has 2 aromatic rings. The summed E-state index contributed by atoms with van der Waals surface area (Å²) >= 11 is 0. The van der Waals surface area contributed by atoms with E-state index in [2.05, 4.69) is 61.8 Å². The highest BCUT2D eigenvalue weighted by Gasteiger charge is 2.17. The van der Waals surface area contributed by atoms with Crippen LogP contribution in [0.3, 0.4) is 0 Å². The lowest BCUT2D eigenvalue weighted by Crippen LogP contribution is -2.46. The Kier molecular flexibility index (Phi) is 7.03. The van der Waals surface area contributed by atoms with Crippen molar-refractivity contribution in [3.05, 3.63) is 60.3 Å². The maximum Gasteiger partial charge on any atom is 0.319 e. The third kappa shape index (κ3) is 6.09. The zero-order valence-corrected chi connectivity index (χ0v) is 16.6. The average Bonchev–Trinajstić information content (AvgIpc) is 2.69. The number of carbonyl (C=O) groups excluding carboxylic acids is 1. The summed E-state index contributed by atoms with van der Waals surface area (Å²) in [4.78, 5) is 21.0. The number of rotatable bonds is 6. The van der Waals surface area contributed by atoms with Crippen molar-refractivity contribution >= 4 is 23.6 Å². The normalized spacial score (nSPS) is 15.2. The summed E-state index contributed by atoms with van der Waals surface area (Å²) in [6, 6.07) is 14.1. The smallest absolute Gasteiger partial charge is 0.319 e. The van der Waals surface area contributed by atoms with Crippen molar-refractivity contribution in [1.29, 1.82) is 0 Å². The number of aromatic nitrogens is 1. The van der Waals surface area contributed by atoms with E-state index < -0.39 is 0 Å². The molecule has 6 heteroatoms. The molecule has 2 heterocycles. The molecule has 6 nitrogen and oxygen atoms in total. The number of nitrogens with zero attached hydrogens (tertiary/aromatic N) is 3. The molecule has 0 aliphatic carbocycles. The molecule has 0 atom stereocenters. The van der Waals surface area contributed by atoms with Gasteiger partial charge in [0.15, 0.2) is 0 Å². The monoisotopic (exact) mass is 379 g/mol. The number of hydrogen-bond donors (Lipinski definition) is 2. The number of pyridine rings is 1. The van der Waals surface area contributed by atoms with Crippen LogP contribution in [0.1, 0.15) is 19.4 Å². The zero-order valence-electron chi connectivity index (χ0n) is 16.6. The zero-order chi connectivity index (χ0) is 19.8. The highest BCUT2D eigenvalue weighted by Crippen LogP contribution is 2.16. The maximum absolute atomic E-state index is 11.8. The topological polar surface area (TPSA) is 60.5 Å². The van der Waals surface area contributed by atoms with Crippen LogP contribution in [-0.2, 0) is 0 Å². The van der Waals surface area contributed by atoms with E-state index in [4.69, 9.17) is 0 Å². The summed E-state index contributed by atoms with van der Waals surface area (Å²) in [5.74, 6) is 0.953. The third-order valence-electron chi connectivity index (χ3n) is 4.60. The molecule has 0 bridgehead atoms. The van der Waals surface area contributed by atoms with Crippen LogP contribution >= 0.6 is 0 Å². The van der Waals surface area contributed by atoms with Gasteiger partial charge in [0.05, 0.1) is 11.9 Å². The van der Waals surface area contributed by atoms with Crippen LogP contribution in [0.5, 0.6) is 0 Å². The largest absolute Gasteiger partial charge is 0.354 e. The van der Waals surface area contributed by atoms with Crippen molar-refractivity contribution in [1.82, 2.24) is 15.2 Å². The van der Waals surface area contributed by atoms with E-state index in [1.54, 1.807) is 6.20 Å². The van der Waals surface area contributed by atoms with E-state index in [1.165, 1.54) is 5.56 Å². The Bertz CT molecular complexity index is 765. The van der Waals surface area contributed by atoms with Gasteiger partial charge in [0.1, 0.15) is 5.82 Å². The molecular formula is C22H29N5O. The molecular weight excluding hydrogens is 350 g/mol. The first-order chi connectivity index (χ1) is 13.6. The first-order valence-electron chi connectivity index (χ1n) is 9.82. The molecule has 0 spiro atoms. The molecule has 3 rings (SSSR count). The van der Waals surface area contributed by atoms with E-state index in [9.17, 15) is 4.79 Å². The van der Waals surface area contributed by atoms with Gasteiger partial charge in [0.25, 0.3) is 0 Å². The van der Waals surface area contributed by atoms with Crippen molar-refractivity contribution in [2.24, 2.45) is 0 Å². The molecule has 0 saturated carbocycles. The first-order valence-corrected chi connectivity index (χ1v) is 9.82. The Balaban J connectivity index is 1.44. The summed E-state index contributed by atoms with van der Waals surface area (Å²) < 4.78 is 0. The van der Waals surface area contributed by atoms with Crippen molar-refractivity contribution in [3.8, 4) is 0 Å². The van der Waals surface area contributed by atoms with Gasteiger partial charge in [-0.3, -0.25) is 4.90 Å². The van der Waals surface area contributed by atoms with Gasteiger partial charge in [0.2, 0.25) is 0 Å². The van der Waals surface area contributed by atoms with Gasteiger partial charge in [-0.25, -0.2) is 9.78 Å². The molecule has 1 aromatic carbocycles. The van der Waals surface area contributed by atoms with Crippen LogP contribution in [0.15, 0.2) is 54.7 Å². The van der Waals surface area contributed by atoms with Gasteiger partial charge >= 0.3 is 6.03 Å². The van der Waals surface area contributed by atoms with E-state index >= 15 is 0 Å². The van der Waals surface area contributed by atoms with Crippen LogP contribution in [-0.4, -0.2) is 54.7 Å². The van der Waals surface area contributed by atoms with Gasteiger partial charge in [-0.2, -0.15) is 0 Å². The van der Waals surface area contributed by atoms with E-state index in [-0.39, 0.29) is 12.1 Å². The van der Waals surface area contributed by atoms with Crippen molar-refractivity contribution < 1.29 is 4.79 Å². The second kappa shape index (κ2) is 9.90. The molecule has 148 valence electrons. The highest BCUT2D eigenvalue weighted by atomic mass is 16.2. The number of urea groups is 1. The Hall–Kier alpha value is -2.86. The number of carbonyl (C=O) groups is 1. The molecule has 0 radical (unpaired) electrons. The lowest BCUT2D eigenvalue weighted by atomic mass is 10.2. The number of amides is 2. The van der Waals surface area contributed by atoms with Gasteiger partial charge in [-0.15, -0.1) is 0 Å². The van der Waals surface area contributed by atoms with Gasteiger partial charge in [0, 0.05) is 38.8 Å². The number of anilines is 2. The number of hydrogen-bond acceptors (Lipinski definition) is 4. The summed E-state index contributed by atoms with van der Waals surface area (Å²) in [6.07, 6.45) is 6.12. The third-order valence-corrected chi connectivity index (χ3v) is 4.60. The Morgan fingerprint density at radius 2 is 1.86 bits per heavy atom. The molecule has 28 heavy (non-hydrogen) atoms. The SMILES string of the molecule is CC(C)NC(=O)Nc1ccc(N2CCN(C/C=C/c3ccccc3)CC2)nc1. The first kappa shape index (κ1) is 19.9. The minimum Gasteiger partial charge on any atom is -0.354 e. The van der Waals surface area contributed by atoms with Crippen LogP contribution in [0.4, 0.5) is 16.3 Å². The van der Waals surface area contributed by atoms with E-state index in [1.807, 2.05) is 32.0 Å². The Morgan fingerprint density at radius 1 is 1.11 bits per heavy atom. The van der Waals surface area contributed by atoms with Gasteiger partial charge in [-0.1, -0.05) is 42.5 Å². The molecule has 1 aliphatic heterocycles. The second-order valence-electron chi connectivity index (χ2n) is 7.26. The molecule has 1 aliphatic rings. The maximum atomic E-state index is 11.8. The van der Waals surface area contributed by atoms with Crippen LogP contribution < -0.4 is 15.5 Å². The number of nitrogens with one attached hydrogen (secondary N) is 2. The van der Waals surface area contributed by atoms with Gasteiger partial charge < -0.3 is 15.5 Å². The predicted molar refractivity (Wildman–Crippen MR) is 116 cm³/mol. The standard InChI is InChI=1S/C22H29N5O/c1-18(2)24-22(28)25-20-10-11-21(23-17-20)27-15-13-26(14-16-27)12-6-9-19-7-4-3-5-8-19/h3-11,17-18H,12-16H2,1-2H3,(H2,24,25,28)/b9-6+. The van der Waals surface area contributed by atoms with Crippen molar-refractivity contribution in [2.45, 2.75) is 19.9 Å². The summed E-state index contributed by atoms with van der Waals surface area (Å²) in [5.41, 5.74) is 1.94. The number of benzene rings is 1. The Labute approximate surface area is 167 Å². The molecule has 2 N–H and O–H groups in total. The molecule has 1 saturated heterocycles. The highest BCUT2D eigenvalue weighted by molar-refractivity contribution is 5.89. The van der Waals surface area contributed by atoms with E-state index in [0.29, 0.717) is 5.69 Å². The molecule has 2 amide bonds. The van der Waals surface area contributed by atoms with Crippen LogP contribution in [0.25, 0.3) is 6.08 Å². The van der Waals surface area contributed by atoms with E-state index in [0.717, 1.165) is 38.5 Å². The summed E-state index contributed by atoms with van der Waals surface area (Å²) in [7, 11) is 0. The lowest BCUT2D eigenvalue weighted by Gasteiger charge is -2.34. The molecule has 1 fully saturated rings. The fourth-order valence-corrected chi connectivity index (χ4v) is 3.14. The van der Waals surface area contributed by atoms with Crippen LogP contribution in [0.2, 0.25) is 0 Å². The molecule has 0 unspecified atom stereocenters. The summed E-state index contributed by atoms with van der Waals surface area (Å²) in [6.45, 7) is 8.74. The minimum atomic E-state index is -0.207. The van der Waals surface area contributed by atoms with Gasteiger partial charge in [-0.05, 0) is 31.5 Å².